The lowest BCUT2D eigenvalue weighted by atomic mass is 10.3. The van der Waals surface area contributed by atoms with Gasteiger partial charge in [-0.1, -0.05) is 6.92 Å². The summed E-state index contributed by atoms with van der Waals surface area (Å²) < 4.78 is 0. The van der Waals surface area contributed by atoms with Crippen molar-refractivity contribution in [3.05, 3.63) is 0 Å². The van der Waals surface area contributed by atoms with E-state index >= 15 is 0 Å². The Hall–Kier alpha value is -0.610. The summed E-state index contributed by atoms with van der Waals surface area (Å²) in [5.41, 5.74) is 5.23. The maximum Gasteiger partial charge on any atom is 0.221 e. The second kappa shape index (κ2) is 7.06. The number of carbonyl (C=O) groups is 1. The third-order valence-electron chi connectivity index (χ3n) is 1.48. The van der Waals surface area contributed by atoms with E-state index in [0.29, 0.717) is 13.0 Å². The molecule has 0 aliphatic rings. The van der Waals surface area contributed by atoms with E-state index in [2.05, 4.69) is 10.6 Å². The normalized spacial score (nSPS) is 12.6. The van der Waals surface area contributed by atoms with Gasteiger partial charge in [0.1, 0.15) is 0 Å². The largest absolute Gasteiger partial charge is 0.352 e. The number of carbonyl (C=O) groups excluding carboxylic acids is 1. The topological polar surface area (TPSA) is 67.1 Å². The number of hydrogen-bond acceptors (Lipinski definition) is 3. The Morgan fingerprint density at radius 1 is 1.58 bits per heavy atom. The molecule has 0 fully saturated rings. The Bertz CT molecular complexity index is 127. The van der Waals surface area contributed by atoms with Gasteiger partial charge in [-0.05, 0) is 13.5 Å². The van der Waals surface area contributed by atoms with Crippen LogP contribution < -0.4 is 16.4 Å². The van der Waals surface area contributed by atoms with Crippen LogP contribution >= 0.6 is 0 Å². The van der Waals surface area contributed by atoms with Gasteiger partial charge >= 0.3 is 0 Å². The minimum Gasteiger partial charge on any atom is -0.352 e. The molecule has 1 atom stereocenters. The molecular formula is C8H19N3O. The van der Waals surface area contributed by atoms with Crippen molar-refractivity contribution >= 4 is 5.91 Å². The molecule has 1 amide bonds. The van der Waals surface area contributed by atoms with E-state index in [1.54, 1.807) is 0 Å². The minimum atomic E-state index is 0.0305. The molecule has 0 aromatic carbocycles. The van der Waals surface area contributed by atoms with Gasteiger partial charge in [-0.15, -0.1) is 0 Å². The van der Waals surface area contributed by atoms with Crippen LogP contribution in [0.4, 0.5) is 0 Å². The molecule has 1 unspecified atom stereocenters. The van der Waals surface area contributed by atoms with Gasteiger partial charge in [-0.3, -0.25) is 4.79 Å². The molecule has 4 nitrogen and oxygen atoms in total. The molecule has 4 heteroatoms. The average molecular weight is 173 g/mol. The summed E-state index contributed by atoms with van der Waals surface area (Å²) in [6, 6.07) is 0.184. The second-order valence-corrected chi connectivity index (χ2v) is 2.81. The fraction of sp³-hybridized carbons (Fsp3) is 0.875. The number of amides is 1. The predicted molar refractivity (Wildman–Crippen MR) is 49.8 cm³/mol. The molecule has 0 rings (SSSR count). The van der Waals surface area contributed by atoms with Crippen molar-refractivity contribution in [2.24, 2.45) is 5.73 Å². The maximum atomic E-state index is 11.0. The van der Waals surface area contributed by atoms with Gasteiger partial charge in [-0.2, -0.15) is 0 Å². The van der Waals surface area contributed by atoms with Crippen LogP contribution in [0, 0.1) is 0 Å². The third kappa shape index (κ3) is 6.12. The first-order valence-electron chi connectivity index (χ1n) is 4.40. The zero-order valence-corrected chi connectivity index (χ0v) is 7.89. The van der Waals surface area contributed by atoms with Crippen LogP contribution in [-0.2, 0) is 4.79 Å². The fourth-order valence-corrected chi connectivity index (χ4v) is 0.890. The SMILES string of the molecule is CCNCC(C)NC(=O)CCN. The summed E-state index contributed by atoms with van der Waals surface area (Å²) in [5, 5.41) is 5.98. The monoisotopic (exact) mass is 173 g/mol. The Kier molecular flexibility index (Phi) is 6.70. The summed E-state index contributed by atoms with van der Waals surface area (Å²) in [4.78, 5) is 11.0. The Labute approximate surface area is 73.9 Å². The zero-order valence-electron chi connectivity index (χ0n) is 7.89. The van der Waals surface area contributed by atoms with Gasteiger partial charge in [0.05, 0.1) is 0 Å². The van der Waals surface area contributed by atoms with Crippen LogP contribution in [-0.4, -0.2) is 31.6 Å². The Balaban J connectivity index is 3.40. The van der Waals surface area contributed by atoms with E-state index < -0.39 is 0 Å². The first kappa shape index (κ1) is 11.4. The quantitative estimate of drug-likeness (QED) is 0.505. The van der Waals surface area contributed by atoms with Crippen LogP contribution in [0.3, 0.4) is 0 Å². The van der Waals surface area contributed by atoms with Gasteiger partial charge in [0.15, 0.2) is 0 Å². The fourth-order valence-electron chi connectivity index (χ4n) is 0.890. The van der Waals surface area contributed by atoms with Crippen LogP contribution in [0.15, 0.2) is 0 Å². The van der Waals surface area contributed by atoms with E-state index in [1.807, 2.05) is 13.8 Å². The summed E-state index contributed by atoms with van der Waals surface area (Å²) in [6.07, 6.45) is 0.413. The van der Waals surface area contributed by atoms with Crippen molar-refractivity contribution in [1.82, 2.24) is 10.6 Å². The lowest BCUT2D eigenvalue weighted by Gasteiger charge is -2.13. The molecule has 12 heavy (non-hydrogen) atoms. The first-order valence-corrected chi connectivity index (χ1v) is 4.40. The van der Waals surface area contributed by atoms with E-state index in [-0.39, 0.29) is 11.9 Å². The zero-order chi connectivity index (χ0) is 9.40. The van der Waals surface area contributed by atoms with E-state index in [4.69, 9.17) is 5.73 Å². The number of likely N-dealkylation sites (N-methyl/N-ethyl adjacent to an activating group) is 1. The third-order valence-corrected chi connectivity index (χ3v) is 1.48. The van der Waals surface area contributed by atoms with Crippen molar-refractivity contribution in [2.75, 3.05) is 19.6 Å². The smallest absolute Gasteiger partial charge is 0.221 e. The average Bonchev–Trinajstić information content (AvgIpc) is 2.01. The molecule has 0 bridgehead atoms. The van der Waals surface area contributed by atoms with Gasteiger partial charge in [0.25, 0.3) is 0 Å². The van der Waals surface area contributed by atoms with E-state index in [0.717, 1.165) is 13.1 Å². The molecule has 0 aliphatic carbocycles. The number of hydrogen-bond donors (Lipinski definition) is 3. The molecule has 0 saturated heterocycles. The van der Waals surface area contributed by atoms with Crippen LogP contribution in [0.2, 0.25) is 0 Å². The summed E-state index contributed by atoms with van der Waals surface area (Å²) in [5.74, 6) is 0.0305. The highest BCUT2D eigenvalue weighted by molar-refractivity contribution is 5.76. The number of nitrogens with two attached hydrogens (primary N) is 1. The van der Waals surface area contributed by atoms with E-state index in [9.17, 15) is 4.79 Å². The summed E-state index contributed by atoms with van der Waals surface area (Å²) in [6.45, 7) is 6.16. The van der Waals surface area contributed by atoms with Crippen molar-refractivity contribution in [1.29, 1.82) is 0 Å². The van der Waals surface area contributed by atoms with Gasteiger partial charge in [-0.25, -0.2) is 0 Å². The molecule has 0 aromatic heterocycles. The van der Waals surface area contributed by atoms with Crippen LogP contribution in [0.5, 0.6) is 0 Å². The van der Waals surface area contributed by atoms with Gasteiger partial charge in [0.2, 0.25) is 5.91 Å². The summed E-state index contributed by atoms with van der Waals surface area (Å²) >= 11 is 0. The van der Waals surface area contributed by atoms with Crippen molar-refractivity contribution in [3.8, 4) is 0 Å². The molecule has 0 spiro atoms. The maximum absolute atomic E-state index is 11.0. The number of rotatable bonds is 6. The van der Waals surface area contributed by atoms with Crippen LogP contribution in [0.1, 0.15) is 20.3 Å². The lowest BCUT2D eigenvalue weighted by Crippen LogP contribution is -2.40. The predicted octanol–water partition coefficient (Wildman–Crippen LogP) is -0.551. The second-order valence-electron chi connectivity index (χ2n) is 2.81. The summed E-state index contributed by atoms with van der Waals surface area (Å²) in [7, 11) is 0. The molecule has 0 aliphatic heterocycles. The van der Waals surface area contributed by atoms with Crippen molar-refractivity contribution in [3.63, 3.8) is 0 Å². The van der Waals surface area contributed by atoms with Crippen molar-refractivity contribution in [2.45, 2.75) is 26.3 Å². The Morgan fingerprint density at radius 2 is 2.25 bits per heavy atom. The molecule has 0 radical (unpaired) electrons. The lowest BCUT2D eigenvalue weighted by molar-refractivity contribution is -0.121. The van der Waals surface area contributed by atoms with Gasteiger partial charge < -0.3 is 16.4 Å². The first-order chi connectivity index (χ1) is 5.70. The van der Waals surface area contributed by atoms with Crippen LogP contribution in [0.25, 0.3) is 0 Å². The molecule has 0 heterocycles. The van der Waals surface area contributed by atoms with Gasteiger partial charge in [0, 0.05) is 25.6 Å². The highest BCUT2D eigenvalue weighted by Gasteiger charge is 2.04. The van der Waals surface area contributed by atoms with Crippen molar-refractivity contribution < 1.29 is 4.79 Å². The molecular weight excluding hydrogens is 154 g/mol. The highest BCUT2D eigenvalue weighted by Crippen LogP contribution is 1.81. The standard InChI is InChI=1S/C8H19N3O/c1-3-10-6-7(2)11-8(12)4-5-9/h7,10H,3-6,9H2,1-2H3,(H,11,12). The molecule has 0 aromatic rings. The molecule has 72 valence electrons. The molecule has 0 saturated carbocycles. The highest BCUT2D eigenvalue weighted by atomic mass is 16.1. The Morgan fingerprint density at radius 3 is 2.75 bits per heavy atom. The van der Waals surface area contributed by atoms with E-state index in [1.165, 1.54) is 0 Å². The minimum absolute atomic E-state index is 0.0305. The molecule has 4 N–H and O–H groups in total. The number of nitrogens with one attached hydrogen (secondary N) is 2.